The Balaban J connectivity index is 1.92. The van der Waals surface area contributed by atoms with Crippen LogP contribution < -0.4 is 5.43 Å². The summed E-state index contributed by atoms with van der Waals surface area (Å²) < 4.78 is 25.4. The van der Waals surface area contributed by atoms with Crippen LogP contribution in [-0.4, -0.2) is 43.7 Å². The van der Waals surface area contributed by atoms with Crippen LogP contribution >= 0.6 is 0 Å². The Bertz CT molecular complexity index is 749. The van der Waals surface area contributed by atoms with Gasteiger partial charge >= 0.3 is 0 Å². The maximum atomic E-state index is 12.3. The molecule has 1 atom stereocenters. The third-order valence-corrected chi connectivity index (χ3v) is 6.53. The van der Waals surface area contributed by atoms with E-state index in [1.165, 1.54) is 9.87 Å². The average molecular weight is 380 g/mol. The molecule has 1 fully saturated rings. The number of nitrogens with one attached hydrogen (secondary N) is 1. The lowest BCUT2D eigenvalue weighted by atomic mass is 9.87. The monoisotopic (exact) mass is 379 g/mol. The first-order valence-electron chi connectivity index (χ1n) is 9.05. The highest BCUT2D eigenvalue weighted by molar-refractivity contribution is 7.89. The maximum Gasteiger partial charge on any atom is 0.244 e. The molecule has 144 valence electrons. The van der Waals surface area contributed by atoms with E-state index in [4.69, 9.17) is 0 Å². The van der Waals surface area contributed by atoms with E-state index < -0.39 is 10.0 Å². The quantitative estimate of drug-likeness (QED) is 0.631. The highest BCUT2D eigenvalue weighted by atomic mass is 32.2. The SMILES string of the molecule is CCS(=O)(=O)N1CCC[C@H](C(=O)N/N=C\c2ccc(C(C)(C)C)cc2)C1. The van der Waals surface area contributed by atoms with Gasteiger partial charge in [-0.15, -0.1) is 0 Å². The van der Waals surface area contributed by atoms with Crippen molar-refractivity contribution in [2.45, 2.75) is 46.0 Å². The van der Waals surface area contributed by atoms with Gasteiger partial charge in [0.1, 0.15) is 0 Å². The van der Waals surface area contributed by atoms with E-state index in [1.807, 2.05) is 12.1 Å². The molecule has 1 N–H and O–H groups in total. The number of hydrazone groups is 1. The highest BCUT2D eigenvalue weighted by Crippen LogP contribution is 2.22. The summed E-state index contributed by atoms with van der Waals surface area (Å²) in [5.41, 5.74) is 4.77. The summed E-state index contributed by atoms with van der Waals surface area (Å²) in [5.74, 6) is -0.529. The van der Waals surface area contributed by atoms with Gasteiger partial charge in [-0.1, -0.05) is 45.0 Å². The van der Waals surface area contributed by atoms with Crippen molar-refractivity contribution >= 4 is 22.1 Å². The standard InChI is InChI=1S/C19H29N3O3S/c1-5-26(24,25)22-12-6-7-16(14-22)18(23)21-20-13-15-8-10-17(11-9-15)19(2,3)4/h8-11,13,16H,5-7,12,14H2,1-4H3,(H,21,23)/b20-13-/t16-/m0/s1. The fourth-order valence-electron chi connectivity index (χ4n) is 2.92. The second-order valence-electron chi connectivity index (χ2n) is 7.70. The largest absolute Gasteiger partial charge is 0.273 e. The van der Waals surface area contributed by atoms with Gasteiger partial charge in [0, 0.05) is 13.1 Å². The van der Waals surface area contributed by atoms with Crippen molar-refractivity contribution in [2.75, 3.05) is 18.8 Å². The van der Waals surface area contributed by atoms with Crippen LogP contribution in [0.3, 0.4) is 0 Å². The molecule has 1 heterocycles. The molecule has 0 saturated carbocycles. The van der Waals surface area contributed by atoms with Crippen LogP contribution in [0.25, 0.3) is 0 Å². The minimum Gasteiger partial charge on any atom is -0.273 e. The molecule has 1 saturated heterocycles. The number of nitrogens with zero attached hydrogens (tertiary/aromatic N) is 2. The van der Waals surface area contributed by atoms with Crippen molar-refractivity contribution in [1.29, 1.82) is 0 Å². The number of benzene rings is 1. The number of sulfonamides is 1. The van der Waals surface area contributed by atoms with Crippen LogP contribution in [0.15, 0.2) is 29.4 Å². The van der Waals surface area contributed by atoms with Gasteiger partial charge in [-0.25, -0.2) is 18.1 Å². The molecule has 1 aromatic carbocycles. The van der Waals surface area contributed by atoms with Crippen molar-refractivity contribution in [3.8, 4) is 0 Å². The van der Waals surface area contributed by atoms with E-state index in [0.717, 1.165) is 5.56 Å². The maximum absolute atomic E-state index is 12.3. The summed E-state index contributed by atoms with van der Waals surface area (Å²) in [6.07, 6.45) is 2.97. The first kappa shape index (κ1) is 20.6. The number of hydrogen-bond donors (Lipinski definition) is 1. The van der Waals surface area contributed by atoms with E-state index in [0.29, 0.717) is 19.4 Å². The Hall–Kier alpha value is -1.73. The lowest BCUT2D eigenvalue weighted by molar-refractivity contribution is -0.126. The Morgan fingerprint density at radius 3 is 2.54 bits per heavy atom. The molecule has 0 spiro atoms. The Labute approximate surface area is 156 Å². The molecular weight excluding hydrogens is 350 g/mol. The van der Waals surface area contributed by atoms with Crippen molar-refractivity contribution < 1.29 is 13.2 Å². The molecular formula is C19H29N3O3S. The third-order valence-electron chi connectivity index (χ3n) is 4.68. The van der Waals surface area contributed by atoms with Gasteiger partial charge in [-0.2, -0.15) is 5.10 Å². The summed E-state index contributed by atoms with van der Waals surface area (Å²) in [6, 6.07) is 8.04. The van der Waals surface area contributed by atoms with Crippen LogP contribution in [0.4, 0.5) is 0 Å². The van der Waals surface area contributed by atoms with Crippen LogP contribution in [0.2, 0.25) is 0 Å². The molecule has 0 bridgehead atoms. The lowest BCUT2D eigenvalue weighted by Gasteiger charge is -2.30. The number of carbonyl (C=O) groups is 1. The summed E-state index contributed by atoms with van der Waals surface area (Å²) in [6.45, 7) is 8.81. The predicted octanol–water partition coefficient (Wildman–Crippen LogP) is 2.50. The van der Waals surface area contributed by atoms with E-state index in [9.17, 15) is 13.2 Å². The van der Waals surface area contributed by atoms with Crippen molar-refractivity contribution in [1.82, 2.24) is 9.73 Å². The first-order valence-corrected chi connectivity index (χ1v) is 10.7. The van der Waals surface area contributed by atoms with E-state index in [2.05, 4.69) is 43.4 Å². The second-order valence-corrected chi connectivity index (χ2v) is 9.96. The summed E-state index contributed by atoms with van der Waals surface area (Å²) in [5, 5.41) is 4.02. The molecule has 1 aromatic rings. The molecule has 26 heavy (non-hydrogen) atoms. The zero-order valence-corrected chi connectivity index (χ0v) is 16.8. The van der Waals surface area contributed by atoms with Crippen molar-refractivity contribution in [3.05, 3.63) is 35.4 Å². The van der Waals surface area contributed by atoms with Crippen molar-refractivity contribution in [3.63, 3.8) is 0 Å². The van der Waals surface area contributed by atoms with Gasteiger partial charge in [-0.05, 0) is 36.3 Å². The summed E-state index contributed by atoms with van der Waals surface area (Å²) in [7, 11) is -3.25. The Morgan fingerprint density at radius 1 is 1.31 bits per heavy atom. The lowest BCUT2D eigenvalue weighted by Crippen LogP contribution is -2.45. The molecule has 0 unspecified atom stereocenters. The highest BCUT2D eigenvalue weighted by Gasteiger charge is 2.31. The minimum absolute atomic E-state index is 0.0596. The Morgan fingerprint density at radius 2 is 1.96 bits per heavy atom. The van der Waals surface area contributed by atoms with Gasteiger partial charge in [-0.3, -0.25) is 4.79 Å². The first-order chi connectivity index (χ1) is 12.1. The fraction of sp³-hybridized carbons (Fsp3) is 0.579. The molecule has 1 amide bonds. The fourth-order valence-corrected chi connectivity index (χ4v) is 4.10. The molecule has 0 radical (unpaired) electrons. The molecule has 1 aliphatic rings. The molecule has 0 aliphatic carbocycles. The topological polar surface area (TPSA) is 78.8 Å². The molecule has 2 rings (SSSR count). The number of carbonyl (C=O) groups excluding carboxylic acids is 1. The number of rotatable bonds is 5. The third kappa shape index (κ3) is 5.38. The minimum atomic E-state index is -3.25. The van der Waals surface area contributed by atoms with Gasteiger partial charge in [0.2, 0.25) is 15.9 Å². The van der Waals surface area contributed by atoms with E-state index in [-0.39, 0.29) is 29.5 Å². The molecule has 1 aliphatic heterocycles. The van der Waals surface area contributed by atoms with Crippen LogP contribution in [0, 0.1) is 5.92 Å². The van der Waals surface area contributed by atoms with E-state index in [1.54, 1.807) is 13.1 Å². The van der Waals surface area contributed by atoms with Crippen LogP contribution in [0.5, 0.6) is 0 Å². The average Bonchev–Trinajstić information content (AvgIpc) is 2.61. The summed E-state index contributed by atoms with van der Waals surface area (Å²) >= 11 is 0. The number of hydrogen-bond acceptors (Lipinski definition) is 4. The molecule has 0 aromatic heterocycles. The smallest absolute Gasteiger partial charge is 0.244 e. The number of amides is 1. The zero-order valence-electron chi connectivity index (χ0n) is 16.0. The second kappa shape index (κ2) is 8.31. The van der Waals surface area contributed by atoms with Gasteiger partial charge < -0.3 is 0 Å². The van der Waals surface area contributed by atoms with Crippen LogP contribution in [-0.2, 0) is 20.2 Å². The Kier molecular flexibility index (Phi) is 6.58. The summed E-state index contributed by atoms with van der Waals surface area (Å²) in [4.78, 5) is 12.3. The van der Waals surface area contributed by atoms with Gasteiger partial charge in [0.05, 0.1) is 17.9 Å². The van der Waals surface area contributed by atoms with Gasteiger partial charge in [0.25, 0.3) is 0 Å². The molecule has 7 heteroatoms. The van der Waals surface area contributed by atoms with Gasteiger partial charge in [0.15, 0.2) is 0 Å². The molecule has 6 nitrogen and oxygen atoms in total. The van der Waals surface area contributed by atoms with E-state index >= 15 is 0 Å². The normalized spacial score (nSPS) is 19.6. The van der Waals surface area contributed by atoms with Crippen LogP contribution in [0.1, 0.15) is 51.7 Å². The number of piperidine rings is 1. The zero-order chi connectivity index (χ0) is 19.4. The van der Waals surface area contributed by atoms with Crippen molar-refractivity contribution in [2.24, 2.45) is 11.0 Å². The predicted molar refractivity (Wildman–Crippen MR) is 105 cm³/mol.